The maximum atomic E-state index is 13.3. The first-order valence-electron chi connectivity index (χ1n) is 34.2. The van der Waals surface area contributed by atoms with E-state index in [0.717, 1.165) is 57.8 Å². The van der Waals surface area contributed by atoms with Crippen LogP contribution in [-0.4, -0.2) is 193 Å². The van der Waals surface area contributed by atoms with Crippen molar-refractivity contribution in [2.24, 2.45) is 0 Å². The van der Waals surface area contributed by atoms with E-state index in [-0.39, 0.29) is 18.9 Å². The molecule has 3 fully saturated rings. The van der Waals surface area contributed by atoms with Gasteiger partial charge in [0.05, 0.1) is 38.6 Å². The fraction of sp³-hybridized carbons (Fsp3) is 0.896. The molecule has 3 saturated heterocycles. The summed E-state index contributed by atoms with van der Waals surface area (Å²) in [4.78, 5) is 13.3. The SMILES string of the molecule is CCCCCCC/C=C\C/C=C\CCCCCCCCCCCCCCCCCCCCCCCC(=O)NC(COC1OC(CO)C(OC2OC(CO)C(OC3OC(CO)C(O)C(O)C3O)C(O)C2O)C(O)C1O)C(O)/C=C/CCCCCCCC. The van der Waals surface area contributed by atoms with E-state index in [1.165, 1.54) is 167 Å². The van der Waals surface area contributed by atoms with Gasteiger partial charge in [-0.1, -0.05) is 230 Å². The van der Waals surface area contributed by atoms with Crippen LogP contribution in [0.5, 0.6) is 0 Å². The molecule has 12 N–H and O–H groups in total. The van der Waals surface area contributed by atoms with Crippen molar-refractivity contribution in [1.82, 2.24) is 5.32 Å². The molecule has 19 nitrogen and oxygen atoms in total. The van der Waals surface area contributed by atoms with E-state index in [1.807, 2.05) is 6.08 Å². The minimum atomic E-state index is -1.98. The van der Waals surface area contributed by atoms with Gasteiger partial charge < -0.3 is 89.9 Å². The smallest absolute Gasteiger partial charge is 0.220 e. The molecule has 0 radical (unpaired) electrons. The normalized spacial score (nSPS) is 29.0. The second-order valence-corrected chi connectivity index (χ2v) is 24.6. The lowest BCUT2D eigenvalue weighted by molar-refractivity contribution is -0.379. The zero-order chi connectivity index (χ0) is 62.6. The molecule has 0 aromatic heterocycles. The van der Waals surface area contributed by atoms with Crippen molar-refractivity contribution in [3.05, 3.63) is 36.5 Å². The van der Waals surface area contributed by atoms with Crippen molar-refractivity contribution in [2.45, 2.75) is 356 Å². The molecule has 0 aromatic carbocycles. The average molecular weight is 1230 g/mol. The monoisotopic (exact) mass is 1230 g/mol. The quantitative estimate of drug-likeness (QED) is 0.0201. The predicted octanol–water partition coefficient (Wildman–Crippen LogP) is 8.44. The van der Waals surface area contributed by atoms with Crippen molar-refractivity contribution in [1.29, 1.82) is 0 Å². The summed E-state index contributed by atoms with van der Waals surface area (Å²) < 4.78 is 34.2. The Balaban J connectivity index is 1.31. The number of carbonyl (C=O) groups excluding carboxylic acids is 1. The third-order valence-corrected chi connectivity index (χ3v) is 17.2. The van der Waals surface area contributed by atoms with Crippen molar-refractivity contribution >= 4 is 5.91 Å². The van der Waals surface area contributed by atoms with Crippen LogP contribution in [0.15, 0.2) is 36.5 Å². The van der Waals surface area contributed by atoms with Gasteiger partial charge in [0.15, 0.2) is 18.9 Å². The number of nitrogens with one attached hydrogen (secondary N) is 1. The van der Waals surface area contributed by atoms with E-state index < -0.39 is 124 Å². The summed E-state index contributed by atoms with van der Waals surface area (Å²) in [6, 6.07) is -0.968. The van der Waals surface area contributed by atoms with Gasteiger partial charge in [0.1, 0.15) is 73.2 Å². The van der Waals surface area contributed by atoms with Gasteiger partial charge in [-0.05, 0) is 51.4 Å². The molecule has 3 heterocycles. The molecule has 86 heavy (non-hydrogen) atoms. The first kappa shape index (κ1) is 78.3. The molecule has 3 rings (SSSR count). The number of aliphatic hydroxyl groups excluding tert-OH is 11. The summed E-state index contributed by atoms with van der Waals surface area (Å²) in [6.07, 6.45) is 30.4. The number of allylic oxidation sites excluding steroid dienone is 5. The lowest BCUT2D eigenvalue weighted by Crippen LogP contribution is -2.66. The molecule has 3 aliphatic heterocycles. The number of carbonyl (C=O) groups is 1. The second kappa shape index (κ2) is 49.7. The van der Waals surface area contributed by atoms with Crippen molar-refractivity contribution < 1.29 is 89.4 Å². The first-order chi connectivity index (χ1) is 41.8. The van der Waals surface area contributed by atoms with Crippen molar-refractivity contribution in [3.63, 3.8) is 0 Å². The summed E-state index contributed by atoms with van der Waals surface area (Å²) >= 11 is 0. The molecule has 0 aromatic rings. The zero-order valence-corrected chi connectivity index (χ0v) is 53.0. The molecule has 17 atom stereocenters. The minimum absolute atomic E-state index is 0.246. The van der Waals surface area contributed by atoms with E-state index >= 15 is 0 Å². The highest BCUT2D eigenvalue weighted by atomic mass is 16.8. The van der Waals surface area contributed by atoms with Crippen molar-refractivity contribution in [2.75, 3.05) is 26.4 Å². The third-order valence-electron chi connectivity index (χ3n) is 17.2. The molecule has 0 bridgehead atoms. The number of ether oxygens (including phenoxy) is 6. The number of amides is 1. The van der Waals surface area contributed by atoms with Crippen LogP contribution in [0.2, 0.25) is 0 Å². The molecule has 3 aliphatic rings. The summed E-state index contributed by atoms with van der Waals surface area (Å²) in [6.45, 7) is 1.67. The molecular formula is C67H123NO18. The Morgan fingerprint density at radius 3 is 1.19 bits per heavy atom. The molecule has 0 aliphatic carbocycles. The molecule has 17 unspecified atom stereocenters. The van der Waals surface area contributed by atoms with Crippen LogP contribution in [0, 0.1) is 0 Å². The highest BCUT2D eigenvalue weighted by molar-refractivity contribution is 5.76. The van der Waals surface area contributed by atoms with Crippen LogP contribution >= 0.6 is 0 Å². The van der Waals surface area contributed by atoms with Crippen LogP contribution in [0.25, 0.3) is 0 Å². The largest absolute Gasteiger partial charge is 0.394 e. The maximum Gasteiger partial charge on any atom is 0.220 e. The van der Waals surface area contributed by atoms with Gasteiger partial charge >= 0.3 is 0 Å². The summed E-state index contributed by atoms with van der Waals surface area (Å²) in [7, 11) is 0. The number of hydrogen-bond acceptors (Lipinski definition) is 18. The highest BCUT2D eigenvalue weighted by Crippen LogP contribution is 2.33. The standard InChI is InChI=1S/C67H123NO18/c1-3-5-7-9-11-13-14-15-16-17-18-19-20-21-22-23-24-25-26-27-28-29-30-31-32-33-34-35-36-37-39-41-43-45-55(73)68-50(51(72)44-42-40-38-12-10-8-6-4-2)49-81-65-61(79)58(76)63(53(47-70)83-65)86-67-62(80)59(77)64(54(48-71)84-67)85-66-60(78)57(75)56(74)52(46-69)82-66/h14-15,17-18,42,44,50-54,56-67,69-72,74-80H,3-13,16,19-41,43,45-49H2,1-2H3,(H,68,73)/b15-14-,18-17-,44-42+. The Morgan fingerprint density at radius 1 is 0.419 bits per heavy atom. The Bertz CT molecular complexity index is 1710. The van der Waals surface area contributed by atoms with Crippen molar-refractivity contribution in [3.8, 4) is 0 Å². The van der Waals surface area contributed by atoms with Crippen LogP contribution in [-0.2, 0) is 33.2 Å². The Labute approximate surface area is 517 Å². The Hall–Kier alpha value is -1.99. The molecule has 504 valence electrons. The molecule has 0 saturated carbocycles. The number of rotatable bonds is 52. The first-order valence-corrected chi connectivity index (χ1v) is 34.2. The number of unbranched alkanes of at least 4 members (excludes halogenated alkanes) is 32. The molecular weight excluding hydrogens is 1110 g/mol. The highest BCUT2D eigenvalue weighted by Gasteiger charge is 2.53. The number of aliphatic hydroxyl groups is 11. The van der Waals surface area contributed by atoms with E-state index in [4.69, 9.17) is 28.4 Å². The van der Waals surface area contributed by atoms with E-state index in [0.29, 0.717) is 6.42 Å². The zero-order valence-electron chi connectivity index (χ0n) is 53.0. The van der Waals surface area contributed by atoms with Gasteiger partial charge in [0.25, 0.3) is 0 Å². The third kappa shape index (κ3) is 31.8. The van der Waals surface area contributed by atoms with Crippen LogP contribution in [0.3, 0.4) is 0 Å². The fourth-order valence-corrected chi connectivity index (χ4v) is 11.6. The van der Waals surface area contributed by atoms with Gasteiger partial charge in [0, 0.05) is 6.42 Å². The van der Waals surface area contributed by atoms with Crippen LogP contribution < -0.4 is 5.32 Å². The molecule has 1 amide bonds. The van der Waals surface area contributed by atoms with E-state index in [2.05, 4.69) is 43.5 Å². The summed E-state index contributed by atoms with van der Waals surface area (Å²) in [5.74, 6) is -0.276. The van der Waals surface area contributed by atoms with Gasteiger partial charge in [-0.15, -0.1) is 0 Å². The van der Waals surface area contributed by atoms with Gasteiger partial charge in [0.2, 0.25) is 5.91 Å². The lowest BCUT2D eigenvalue weighted by Gasteiger charge is -2.48. The lowest BCUT2D eigenvalue weighted by atomic mass is 9.96. The minimum Gasteiger partial charge on any atom is -0.394 e. The van der Waals surface area contributed by atoms with E-state index in [9.17, 15) is 61.0 Å². The van der Waals surface area contributed by atoms with Gasteiger partial charge in [-0.2, -0.15) is 0 Å². The maximum absolute atomic E-state index is 13.3. The fourth-order valence-electron chi connectivity index (χ4n) is 11.6. The van der Waals surface area contributed by atoms with Gasteiger partial charge in [-0.3, -0.25) is 4.79 Å². The van der Waals surface area contributed by atoms with Crippen LogP contribution in [0.4, 0.5) is 0 Å². The van der Waals surface area contributed by atoms with E-state index in [1.54, 1.807) is 6.08 Å². The topological polar surface area (TPSA) is 307 Å². The summed E-state index contributed by atoms with van der Waals surface area (Å²) in [5, 5.41) is 120. The molecule has 0 spiro atoms. The second-order valence-electron chi connectivity index (χ2n) is 24.6. The molecule has 19 heteroatoms. The number of hydrogen-bond donors (Lipinski definition) is 12. The average Bonchev–Trinajstić information content (AvgIpc) is 3.55. The van der Waals surface area contributed by atoms with Gasteiger partial charge in [-0.25, -0.2) is 0 Å². The Morgan fingerprint density at radius 2 is 0.767 bits per heavy atom. The summed E-state index contributed by atoms with van der Waals surface area (Å²) in [5.41, 5.74) is 0. The predicted molar refractivity (Wildman–Crippen MR) is 333 cm³/mol. The Kier molecular flexibility index (Phi) is 45.2. The van der Waals surface area contributed by atoms with Crippen LogP contribution in [0.1, 0.15) is 251 Å².